The van der Waals surface area contributed by atoms with Crippen LogP contribution in [0, 0.1) is 0 Å². The Bertz CT molecular complexity index is 330. The van der Waals surface area contributed by atoms with Crippen LogP contribution in [0.1, 0.15) is 52.4 Å². The lowest BCUT2D eigenvalue weighted by Crippen LogP contribution is -2.46. The third kappa shape index (κ3) is 6.65. The minimum Gasteiger partial charge on any atom is -0.480 e. The molecule has 0 aromatic heterocycles. The Morgan fingerprint density at radius 1 is 1.15 bits per heavy atom. The molecule has 1 amide bonds. The first-order chi connectivity index (χ1) is 9.47. The fourth-order valence-electron chi connectivity index (χ4n) is 2.04. The molecule has 0 unspecified atom stereocenters. The van der Waals surface area contributed by atoms with Gasteiger partial charge in [0, 0.05) is 26.0 Å². The second kappa shape index (κ2) is 10.4. The van der Waals surface area contributed by atoms with Gasteiger partial charge < -0.3 is 15.1 Å². The molecule has 0 aromatic rings. The van der Waals surface area contributed by atoms with E-state index in [1.165, 1.54) is 0 Å². The van der Waals surface area contributed by atoms with Gasteiger partial charge in [0.05, 0.1) is 6.42 Å². The van der Waals surface area contributed by atoms with Crippen molar-refractivity contribution in [3.8, 4) is 0 Å². The minimum absolute atomic E-state index is 0.0288. The number of carbonyl (C=O) groups is 3. The number of nitrogens with zero attached hydrogens (tertiary/aromatic N) is 1. The molecule has 0 aliphatic carbocycles. The zero-order chi connectivity index (χ0) is 15.5. The molecule has 0 aromatic carbocycles. The van der Waals surface area contributed by atoms with Crippen molar-refractivity contribution in [3.63, 3.8) is 0 Å². The monoisotopic (exact) mass is 287 g/mol. The maximum absolute atomic E-state index is 12.0. The van der Waals surface area contributed by atoms with Crippen molar-refractivity contribution in [2.24, 2.45) is 0 Å². The van der Waals surface area contributed by atoms with Crippen LogP contribution in [0.25, 0.3) is 0 Å². The van der Waals surface area contributed by atoms with Gasteiger partial charge in [-0.1, -0.05) is 19.8 Å². The lowest BCUT2D eigenvalue weighted by Gasteiger charge is -2.27. The number of aliphatic hydroxyl groups excluding tert-OH is 1. The van der Waals surface area contributed by atoms with Crippen LogP contribution < -0.4 is 0 Å². The van der Waals surface area contributed by atoms with Gasteiger partial charge in [0.15, 0.2) is 0 Å². The number of amides is 1. The summed E-state index contributed by atoms with van der Waals surface area (Å²) in [6.07, 6.45) is 2.77. The van der Waals surface area contributed by atoms with Gasteiger partial charge >= 0.3 is 5.97 Å². The molecule has 1 atom stereocenters. The van der Waals surface area contributed by atoms with Crippen LogP contribution in [-0.4, -0.2) is 52.0 Å². The first-order valence-corrected chi connectivity index (χ1v) is 7.12. The Labute approximate surface area is 119 Å². The van der Waals surface area contributed by atoms with Gasteiger partial charge in [0.25, 0.3) is 0 Å². The number of unbranched alkanes of at least 4 members (excludes halogenated alkanes) is 2. The van der Waals surface area contributed by atoms with Crippen molar-refractivity contribution in [3.05, 3.63) is 0 Å². The van der Waals surface area contributed by atoms with E-state index in [-0.39, 0.29) is 31.8 Å². The highest BCUT2D eigenvalue weighted by Crippen LogP contribution is 2.09. The van der Waals surface area contributed by atoms with E-state index < -0.39 is 17.9 Å². The lowest BCUT2D eigenvalue weighted by atomic mass is 10.1. The lowest BCUT2D eigenvalue weighted by molar-refractivity contribution is -0.151. The minimum atomic E-state index is -1.16. The van der Waals surface area contributed by atoms with Crippen LogP contribution >= 0.6 is 0 Å². The third-order valence-corrected chi connectivity index (χ3v) is 3.13. The molecule has 2 N–H and O–H groups in total. The first kappa shape index (κ1) is 18.6. The highest BCUT2D eigenvalue weighted by atomic mass is 16.4. The molecule has 0 fully saturated rings. The number of carbonyl (C=O) groups excluding carboxylic acids is 2. The van der Waals surface area contributed by atoms with Gasteiger partial charge in [-0.25, -0.2) is 4.79 Å². The van der Waals surface area contributed by atoms with Crippen molar-refractivity contribution in [2.75, 3.05) is 13.2 Å². The van der Waals surface area contributed by atoms with E-state index in [9.17, 15) is 14.4 Å². The largest absolute Gasteiger partial charge is 0.480 e. The fraction of sp³-hybridized carbons (Fsp3) is 0.786. The van der Waals surface area contributed by atoms with Crippen LogP contribution in [0.4, 0.5) is 0 Å². The van der Waals surface area contributed by atoms with E-state index in [0.717, 1.165) is 24.2 Å². The van der Waals surface area contributed by atoms with E-state index in [4.69, 9.17) is 10.2 Å². The fourth-order valence-corrected chi connectivity index (χ4v) is 2.04. The topological polar surface area (TPSA) is 94.9 Å². The predicted octanol–water partition coefficient (Wildman–Crippen LogP) is 1.21. The third-order valence-electron chi connectivity index (χ3n) is 3.13. The molecule has 0 aliphatic heterocycles. The van der Waals surface area contributed by atoms with Crippen molar-refractivity contribution in [2.45, 2.75) is 58.4 Å². The Morgan fingerprint density at radius 3 is 2.25 bits per heavy atom. The summed E-state index contributed by atoms with van der Waals surface area (Å²) in [7, 11) is 0. The molecule has 6 nitrogen and oxygen atoms in total. The molecule has 0 radical (unpaired) electrons. The summed E-state index contributed by atoms with van der Waals surface area (Å²) in [5.74, 6) is -1.79. The van der Waals surface area contributed by atoms with Crippen molar-refractivity contribution in [1.29, 1.82) is 0 Å². The smallest absolute Gasteiger partial charge is 0.326 e. The number of carboxylic acid groups (broad SMARTS) is 1. The second-order valence-electron chi connectivity index (χ2n) is 4.72. The molecule has 0 spiro atoms. The molecule has 116 valence electrons. The van der Waals surface area contributed by atoms with Crippen molar-refractivity contribution < 1.29 is 24.6 Å². The molecule has 0 saturated heterocycles. The number of aliphatic hydroxyl groups is 1. The molecule has 0 rings (SSSR count). The van der Waals surface area contributed by atoms with Gasteiger partial charge in [-0.15, -0.1) is 0 Å². The Balaban J connectivity index is 4.52. The van der Waals surface area contributed by atoms with E-state index in [2.05, 4.69) is 0 Å². The Hall–Kier alpha value is -1.43. The van der Waals surface area contributed by atoms with Crippen LogP contribution in [-0.2, 0) is 14.4 Å². The molecule has 0 heterocycles. The average Bonchev–Trinajstić information content (AvgIpc) is 2.38. The van der Waals surface area contributed by atoms with Crippen molar-refractivity contribution in [1.82, 2.24) is 4.90 Å². The van der Waals surface area contributed by atoms with Gasteiger partial charge in [-0.05, 0) is 13.3 Å². The number of rotatable bonds is 11. The van der Waals surface area contributed by atoms with Crippen LogP contribution in [0.5, 0.6) is 0 Å². The van der Waals surface area contributed by atoms with Gasteiger partial charge in [-0.2, -0.15) is 0 Å². The van der Waals surface area contributed by atoms with Crippen molar-refractivity contribution >= 4 is 17.7 Å². The number of ketones is 1. The molecular formula is C14H25NO5. The average molecular weight is 287 g/mol. The van der Waals surface area contributed by atoms with Crippen LogP contribution in [0.15, 0.2) is 0 Å². The molecular weight excluding hydrogens is 262 g/mol. The molecule has 0 saturated carbocycles. The normalized spacial score (nSPS) is 11.9. The molecule has 0 bridgehead atoms. The predicted molar refractivity (Wildman–Crippen MR) is 74.3 cm³/mol. The SMILES string of the molecule is CCCCCC(=O)CC(=O)N(CC)[C@H](CCO)C(=O)O. The van der Waals surface area contributed by atoms with Gasteiger partial charge in [0.2, 0.25) is 5.91 Å². The second-order valence-corrected chi connectivity index (χ2v) is 4.72. The summed E-state index contributed by atoms with van der Waals surface area (Å²) >= 11 is 0. The van der Waals surface area contributed by atoms with Gasteiger partial charge in [0.1, 0.15) is 11.8 Å². The summed E-state index contributed by atoms with van der Waals surface area (Å²) in [5, 5.41) is 17.9. The van der Waals surface area contributed by atoms with Crippen LogP contribution in [0.2, 0.25) is 0 Å². The molecule has 6 heteroatoms. The number of Topliss-reactive ketones (excluding diaryl/α,β-unsaturated/α-hetero) is 1. The van der Waals surface area contributed by atoms with E-state index in [1.54, 1.807) is 6.92 Å². The number of likely N-dealkylation sites (N-methyl/N-ethyl adjacent to an activating group) is 1. The standard InChI is InChI=1S/C14H25NO5/c1-3-5-6-7-11(17)10-13(18)15(4-2)12(8-9-16)14(19)20/h12,16H,3-10H2,1-2H3,(H,19,20)/t12-/m1/s1. The number of hydrogen-bond donors (Lipinski definition) is 2. The van der Waals surface area contributed by atoms with E-state index in [1.807, 2.05) is 6.92 Å². The maximum Gasteiger partial charge on any atom is 0.326 e. The molecule has 0 aliphatic rings. The summed E-state index contributed by atoms with van der Waals surface area (Å²) in [6, 6.07) is -1.07. The van der Waals surface area contributed by atoms with Crippen LogP contribution in [0.3, 0.4) is 0 Å². The van der Waals surface area contributed by atoms with E-state index in [0.29, 0.717) is 6.42 Å². The Morgan fingerprint density at radius 2 is 1.80 bits per heavy atom. The first-order valence-electron chi connectivity index (χ1n) is 7.12. The highest BCUT2D eigenvalue weighted by Gasteiger charge is 2.28. The number of hydrogen-bond acceptors (Lipinski definition) is 4. The summed E-state index contributed by atoms with van der Waals surface area (Å²) in [4.78, 5) is 35.9. The van der Waals surface area contributed by atoms with Gasteiger partial charge in [-0.3, -0.25) is 9.59 Å². The summed E-state index contributed by atoms with van der Waals surface area (Å²) in [6.45, 7) is 3.58. The Kier molecular flexibility index (Phi) is 9.63. The zero-order valence-corrected chi connectivity index (χ0v) is 12.3. The maximum atomic E-state index is 12.0. The summed E-state index contributed by atoms with van der Waals surface area (Å²) < 4.78 is 0. The quantitative estimate of drug-likeness (QED) is 0.440. The summed E-state index contributed by atoms with van der Waals surface area (Å²) in [5.41, 5.74) is 0. The molecule has 20 heavy (non-hydrogen) atoms. The number of carboxylic acids is 1. The zero-order valence-electron chi connectivity index (χ0n) is 12.3. The highest BCUT2D eigenvalue weighted by molar-refractivity contribution is 5.99. The number of aliphatic carboxylic acids is 1. The van der Waals surface area contributed by atoms with E-state index >= 15 is 0 Å².